The average molecular weight is 442 g/mol. The molecule has 0 saturated heterocycles. The Balaban J connectivity index is 1.18. The summed E-state index contributed by atoms with van der Waals surface area (Å²) in [5.41, 5.74) is 2.68. The lowest BCUT2D eigenvalue weighted by molar-refractivity contribution is -0.0579. The van der Waals surface area contributed by atoms with E-state index in [1.165, 1.54) is 0 Å². The van der Waals surface area contributed by atoms with Gasteiger partial charge in [-0.25, -0.2) is 5.10 Å². The van der Waals surface area contributed by atoms with Crippen LogP contribution in [0.15, 0.2) is 53.3 Å². The molecule has 0 atom stereocenters. The van der Waals surface area contributed by atoms with Crippen molar-refractivity contribution < 1.29 is 4.79 Å². The van der Waals surface area contributed by atoms with Crippen molar-refractivity contribution in [3.63, 3.8) is 0 Å². The molecule has 0 radical (unpaired) electrons. The lowest BCUT2D eigenvalue weighted by atomic mass is 9.49. The molecule has 2 aliphatic carbocycles. The predicted molar refractivity (Wildman–Crippen MR) is 127 cm³/mol. The van der Waals surface area contributed by atoms with Crippen LogP contribution < -0.4 is 5.56 Å². The van der Waals surface area contributed by atoms with Gasteiger partial charge in [0.1, 0.15) is 0 Å². The van der Waals surface area contributed by atoms with Crippen LogP contribution in [-0.4, -0.2) is 43.4 Å². The van der Waals surface area contributed by atoms with Crippen molar-refractivity contribution in [3.8, 4) is 0 Å². The Morgan fingerprint density at radius 3 is 2.45 bits per heavy atom. The molecule has 4 aromatic rings. The fraction of sp³-hybridized carbons (Fsp3) is 0.385. The first-order valence-corrected chi connectivity index (χ1v) is 11.7. The summed E-state index contributed by atoms with van der Waals surface area (Å²) in [7, 11) is 1.89. The third kappa shape index (κ3) is 3.02. The van der Waals surface area contributed by atoms with Gasteiger partial charge in [0, 0.05) is 36.3 Å². The van der Waals surface area contributed by atoms with Crippen LogP contribution in [-0.2, 0) is 7.05 Å². The highest BCUT2D eigenvalue weighted by atomic mass is 16.2. The van der Waals surface area contributed by atoms with Crippen LogP contribution in [0.3, 0.4) is 0 Å². The number of amides is 1. The van der Waals surface area contributed by atoms with E-state index in [0.717, 1.165) is 47.7 Å². The molecule has 2 aliphatic rings. The van der Waals surface area contributed by atoms with Crippen LogP contribution in [0.25, 0.3) is 21.7 Å². The zero-order valence-corrected chi connectivity index (χ0v) is 18.9. The van der Waals surface area contributed by atoms with E-state index in [9.17, 15) is 9.59 Å². The number of hydrogen-bond acceptors (Lipinski definition) is 4. The van der Waals surface area contributed by atoms with Crippen molar-refractivity contribution in [2.45, 2.75) is 44.6 Å². The molecule has 2 heterocycles. The molecular weight excluding hydrogens is 414 g/mol. The minimum absolute atomic E-state index is 0.0262. The average Bonchev–Trinajstić information content (AvgIpc) is 3.12. The summed E-state index contributed by atoms with van der Waals surface area (Å²) in [5.74, 6) is 0.386. The molecule has 2 fully saturated rings. The summed E-state index contributed by atoms with van der Waals surface area (Å²) < 4.78 is 1.79. The van der Waals surface area contributed by atoms with E-state index in [-0.39, 0.29) is 22.9 Å². The number of nitrogens with zero attached hydrogens (tertiary/aromatic N) is 4. The van der Waals surface area contributed by atoms with Crippen molar-refractivity contribution in [2.24, 2.45) is 12.5 Å². The van der Waals surface area contributed by atoms with Gasteiger partial charge in [0.25, 0.3) is 11.5 Å². The highest BCUT2D eigenvalue weighted by Gasteiger charge is 2.55. The highest BCUT2D eigenvalue weighted by Crippen LogP contribution is 2.63. The summed E-state index contributed by atoms with van der Waals surface area (Å²) in [5, 5.41) is 14.2. The Labute approximate surface area is 191 Å². The topological polar surface area (TPSA) is 83.9 Å². The number of aromatic nitrogens is 4. The Kier molecular flexibility index (Phi) is 4.44. The van der Waals surface area contributed by atoms with Crippen LogP contribution in [0.4, 0.5) is 0 Å². The molecule has 0 aliphatic heterocycles. The van der Waals surface area contributed by atoms with Gasteiger partial charge in [-0.1, -0.05) is 36.4 Å². The van der Waals surface area contributed by atoms with Crippen LogP contribution in [0, 0.1) is 5.41 Å². The van der Waals surface area contributed by atoms with Crippen molar-refractivity contribution in [2.75, 3.05) is 6.54 Å². The van der Waals surface area contributed by atoms with Gasteiger partial charge in [-0.3, -0.25) is 14.3 Å². The quantitative estimate of drug-likeness (QED) is 0.519. The lowest BCUT2D eigenvalue weighted by Gasteiger charge is -2.59. The summed E-state index contributed by atoms with van der Waals surface area (Å²) in [6, 6.07) is 15.9. The van der Waals surface area contributed by atoms with Crippen LogP contribution in [0.5, 0.6) is 0 Å². The zero-order chi connectivity index (χ0) is 22.7. The molecule has 1 N–H and O–H groups in total. The summed E-state index contributed by atoms with van der Waals surface area (Å²) >= 11 is 0. The maximum absolute atomic E-state index is 13.4. The van der Waals surface area contributed by atoms with E-state index >= 15 is 0 Å². The van der Waals surface area contributed by atoms with E-state index < -0.39 is 0 Å². The maximum atomic E-state index is 13.4. The third-order valence-corrected chi connectivity index (χ3v) is 7.81. The molecular formula is C26H27N5O2. The standard InChI is InChI=1S/C26H27N5O2/c1-3-31(25(33)23-20-10-6-7-11-21(20)30(2)29-23)17-14-26(15-17)12-16(13-26)22-18-8-4-5-9-19(18)24(32)28-27-22/h4-11,16-17H,3,12-15H2,1-2H3,(H,28,32)/t16-,17-,26?. The lowest BCUT2D eigenvalue weighted by Crippen LogP contribution is -2.57. The van der Waals surface area contributed by atoms with Gasteiger partial charge in [-0.2, -0.15) is 10.2 Å². The number of aromatic amines is 1. The molecule has 1 amide bonds. The third-order valence-electron chi connectivity index (χ3n) is 7.81. The molecule has 7 nitrogen and oxygen atoms in total. The first-order valence-electron chi connectivity index (χ1n) is 11.7. The maximum Gasteiger partial charge on any atom is 0.275 e. The Hall–Kier alpha value is -3.48. The molecule has 1 spiro atoms. The van der Waals surface area contributed by atoms with Crippen molar-refractivity contribution >= 4 is 27.6 Å². The van der Waals surface area contributed by atoms with Crippen molar-refractivity contribution in [3.05, 3.63) is 70.3 Å². The summed E-state index contributed by atoms with van der Waals surface area (Å²) in [6.07, 6.45) is 4.17. The fourth-order valence-corrected chi connectivity index (χ4v) is 6.20. The first kappa shape index (κ1) is 20.1. The number of fused-ring (bicyclic) bond motifs is 2. The molecule has 7 heteroatoms. The van der Waals surface area contributed by atoms with Crippen LogP contribution >= 0.6 is 0 Å². The zero-order valence-electron chi connectivity index (χ0n) is 18.9. The minimum Gasteiger partial charge on any atom is -0.334 e. The Morgan fingerprint density at radius 2 is 1.73 bits per heavy atom. The second-order valence-corrected chi connectivity index (χ2v) is 9.73. The minimum atomic E-state index is -0.133. The second kappa shape index (κ2) is 7.27. The van der Waals surface area contributed by atoms with Gasteiger partial charge in [0.2, 0.25) is 0 Å². The number of rotatable bonds is 4. The normalized spacial score (nSPS) is 24.1. The van der Waals surface area contributed by atoms with Gasteiger partial charge in [0.05, 0.1) is 16.6 Å². The van der Waals surface area contributed by atoms with E-state index in [1.807, 2.05) is 67.4 Å². The molecule has 33 heavy (non-hydrogen) atoms. The van der Waals surface area contributed by atoms with E-state index in [1.54, 1.807) is 4.68 Å². The first-order chi connectivity index (χ1) is 16.0. The van der Waals surface area contributed by atoms with Crippen LogP contribution in [0.1, 0.15) is 54.7 Å². The fourth-order valence-electron chi connectivity index (χ4n) is 6.20. The summed E-state index contributed by atoms with van der Waals surface area (Å²) in [4.78, 5) is 27.5. The highest BCUT2D eigenvalue weighted by molar-refractivity contribution is 6.05. The molecule has 2 aromatic heterocycles. The molecule has 6 rings (SSSR count). The smallest absolute Gasteiger partial charge is 0.275 e. The van der Waals surface area contributed by atoms with Crippen molar-refractivity contribution in [1.29, 1.82) is 0 Å². The monoisotopic (exact) mass is 441 g/mol. The van der Waals surface area contributed by atoms with Crippen molar-refractivity contribution in [1.82, 2.24) is 24.9 Å². The second-order valence-electron chi connectivity index (χ2n) is 9.73. The number of H-pyrrole nitrogens is 1. The predicted octanol–water partition coefficient (Wildman–Crippen LogP) is 4.00. The van der Waals surface area contributed by atoms with E-state index in [2.05, 4.69) is 15.3 Å². The largest absolute Gasteiger partial charge is 0.334 e. The molecule has 0 unspecified atom stereocenters. The van der Waals surface area contributed by atoms with E-state index in [4.69, 9.17) is 0 Å². The van der Waals surface area contributed by atoms with Gasteiger partial charge in [0.15, 0.2) is 5.69 Å². The van der Waals surface area contributed by atoms with Crippen LogP contribution in [0.2, 0.25) is 0 Å². The molecule has 0 bridgehead atoms. The number of nitrogens with one attached hydrogen (secondary N) is 1. The number of aryl methyl sites for hydroxylation is 1. The van der Waals surface area contributed by atoms with Gasteiger partial charge in [-0.05, 0) is 50.2 Å². The number of benzene rings is 2. The Morgan fingerprint density at radius 1 is 1.06 bits per heavy atom. The van der Waals surface area contributed by atoms with Gasteiger partial charge in [-0.15, -0.1) is 0 Å². The number of para-hydroxylation sites is 1. The molecule has 2 saturated carbocycles. The Bertz CT molecular complexity index is 1440. The summed E-state index contributed by atoms with van der Waals surface area (Å²) in [6.45, 7) is 2.73. The molecule has 2 aromatic carbocycles. The number of carbonyl (C=O) groups is 1. The van der Waals surface area contributed by atoms with Gasteiger partial charge >= 0.3 is 0 Å². The molecule has 168 valence electrons. The van der Waals surface area contributed by atoms with E-state index in [0.29, 0.717) is 23.5 Å². The SMILES string of the molecule is CCN(C(=O)c1nn(C)c2ccccc12)[C@H]1CC2(C[C@H](c3n[nH]c(=O)c4ccccc43)C2)C1. The van der Waals surface area contributed by atoms with Gasteiger partial charge < -0.3 is 4.90 Å². The number of carbonyl (C=O) groups excluding carboxylic acids is 1. The number of hydrogen-bond donors (Lipinski definition) is 1.